The molecule has 5 heteroatoms. The number of thioether (sulfide) groups is 1. The third-order valence-electron chi connectivity index (χ3n) is 2.01. The molecule has 1 heterocycles. The van der Waals surface area contributed by atoms with Crippen LogP contribution in [0.1, 0.15) is 6.92 Å². The number of hydrogen-bond acceptors (Lipinski definition) is 4. The molecule has 2 aromatic rings. The van der Waals surface area contributed by atoms with Crippen molar-refractivity contribution in [2.24, 2.45) is 0 Å². The Kier molecular flexibility index (Phi) is 3.91. The number of thiazole rings is 1. The lowest BCUT2D eigenvalue weighted by Gasteiger charge is -1.95. The second kappa shape index (κ2) is 5.42. The molecule has 0 atom stereocenters. The smallest absolute Gasteiger partial charge is 0.205 e. The predicted octanol–water partition coefficient (Wildman–Crippen LogP) is 3.63. The minimum atomic E-state index is -0.303. The number of ketones is 1. The first-order valence-corrected chi connectivity index (χ1v) is 6.81. The fourth-order valence-electron chi connectivity index (χ4n) is 1.28. The zero-order valence-corrected chi connectivity index (χ0v) is 10.8. The van der Waals surface area contributed by atoms with Crippen molar-refractivity contribution in [3.05, 3.63) is 35.5 Å². The second-order valence-corrected chi connectivity index (χ2v) is 5.63. The Hall–Kier alpha value is -1.20. The van der Waals surface area contributed by atoms with Crippen LogP contribution >= 0.6 is 23.1 Å². The molecular weight excluding hydrogens is 257 g/mol. The minimum Gasteiger partial charge on any atom is -0.299 e. The van der Waals surface area contributed by atoms with Gasteiger partial charge in [0.15, 0.2) is 4.34 Å². The molecule has 17 heavy (non-hydrogen) atoms. The van der Waals surface area contributed by atoms with Gasteiger partial charge >= 0.3 is 0 Å². The van der Waals surface area contributed by atoms with Gasteiger partial charge in [-0.2, -0.15) is 4.39 Å². The summed E-state index contributed by atoms with van der Waals surface area (Å²) in [6.45, 7) is 1.51. The van der Waals surface area contributed by atoms with Crippen molar-refractivity contribution in [2.45, 2.75) is 11.3 Å². The van der Waals surface area contributed by atoms with Gasteiger partial charge in [0.2, 0.25) is 5.13 Å². The van der Waals surface area contributed by atoms with Gasteiger partial charge in [0.05, 0.1) is 5.75 Å². The van der Waals surface area contributed by atoms with E-state index >= 15 is 0 Å². The van der Waals surface area contributed by atoms with E-state index in [1.54, 1.807) is 0 Å². The molecule has 2 rings (SSSR count). The summed E-state index contributed by atoms with van der Waals surface area (Å²) in [6.07, 6.45) is 0. The van der Waals surface area contributed by atoms with Crippen molar-refractivity contribution in [2.75, 3.05) is 5.75 Å². The first-order valence-electron chi connectivity index (χ1n) is 5.01. The summed E-state index contributed by atoms with van der Waals surface area (Å²) in [4.78, 5) is 15.0. The normalized spacial score (nSPS) is 10.5. The molecule has 1 aromatic carbocycles. The molecule has 0 aliphatic heterocycles. The number of rotatable bonds is 4. The van der Waals surface area contributed by atoms with Gasteiger partial charge in [0.25, 0.3) is 0 Å². The summed E-state index contributed by atoms with van der Waals surface area (Å²) < 4.78 is 14.3. The second-order valence-electron chi connectivity index (χ2n) is 3.46. The fourth-order valence-corrected chi connectivity index (χ4v) is 2.95. The summed E-state index contributed by atoms with van der Waals surface area (Å²) in [7, 11) is 0. The zero-order valence-electron chi connectivity index (χ0n) is 9.14. The third-order valence-corrected chi connectivity index (χ3v) is 4.14. The van der Waals surface area contributed by atoms with Crippen LogP contribution in [-0.4, -0.2) is 16.5 Å². The summed E-state index contributed by atoms with van der Waals surface area (Å²) in [6, 6.07) is 9.20. The molecule has 0 radical (unpaired) electrons. The van der Waals surface area contributed by atoms with E-state index in [1.165, 1.54) is 18.7 Å². The maximum absolute atomic E-state index is 13.7. The molecule has 2 nitrogen and oxygen atoms in total. The van der Waals surface area contributed by atoms with Gasteiger partial charge in [-0.3, -0.25) is 4.79 Å². The van der Waals surface area contributed by atoms with Crippen LogP contribution in [0.5, 0.6) is 0 Å². The van der Waals surface area contributed by atoms with Crippen LogP contribution in [0.15, 0.2) is 34.7 Å². The molecule has 0 aliphatic rings. The van der Waals surface area contributed by atoms with E-state index in [0.717, 1.165) is 16.9 Å². The first kappa shape index (κ1) is 12.3. The van der Waals surface area contributed by atoms with Crippen molar-refractivity contribution < 1.29 is 9.18 Å². The van der Waals surface area contributed by atoms with Crippen LogP contribution in [-0.2, 0) is 4.79 Å². The van der Waals surface area contributed by atoms with E-state index < -0.39 is 0 Å². The van der Waals surface area contributed by atoms with E-state index in [9.17, 15) is 9.18 Å². The topological polar surface area (TPSA) is 30.0 Å². The minimum absolute atomic E-state index is 0.0619. The van der Waals surface area contributed by atoms with Gasteiger partial charge in [-0.1, -0.05) is 53.4 Å². The molecule has 0 aliphatic carbocycles. The Balaban J connectivity index is 2.22. The highest BCUT2D eigenvalue weighted by Gasteiger charge is 2.13. The number of carbonyl (C=O) groups excluding carboxylic acids is 1. The third kappa shape index (κ3) is 3.14. The highest BCUT2D eigenvalue weighted by molar-refractivity contribution is 8.01. The Morgan fingerprint density at radius 2 is 2.12 bits per heavy atom. The van der Waals surface area contributed by atoms with Gasteiger partial charge in [0.1, 0.15) is 11.5 Å². The first-order chi connectivity index (χ1) is 8.16. The van der Waals surface area contributed by atoms with Crippen molar-refractivity contribution >= 4 is 28.9 Å². The van der Waals surface area contributed by atoms with Crippen LogP contribution in [0, 0.1) is 5.13 Å². The maximum Gasteiger partial charge on any atom is 0.205 e. The molecule has 0 N–H and O–H groups in total. The van der Waals surface area contributed by atoms with Gasteiger partial charge in [-0.15, -0.1) is 0 Å². The van der Waals surface area contributed by atoms with Crippen molar-refractivity contribution in [3.8, 4) is 11.3 Å². The summed E-state index contributed by atoms with van der Waals surface area (Å²) in [5.41, 5.74) is 1.12. The monoisotopic (exact) mass is 267 g/mol. The van der Waals surface area contributed by atoms with Crippen LogP contribution < -0.4 is 0 Å². The highest BCUT2D eigenvalue weighted by atomic mass is 32.2. The number of aromatic nitrogens is 1. The number of halogens is 1. The van der Waals surface area contributed by atoms with Crippen molar-refractivity contribution in [1.29, 1.82) is 0 Å². The van der Waals surface area contributed by atoms with Crippen LogP contribution in [0.25, 0.3) is 11.3 Å². The van der Waals surface area contributed by atoms with E-state index in [1.807, 2.05) is 30.3 Å². The molecular formula is C12H10FNOS2. The number of Topliss-reactive ketones (excluding diaryl/α,β-unsaturated/α-hetero) is 1. The quantitative estimate of drug-likeness (QED) is 0.792. The number of hydrogen-bond donors (Lipinski definition) is 0. The number of nitrogens with zero attached hydrogens (tertiary/aromatic N) is 1. The highest BCUT2D eigenvalue weighted by Crippen LogP contribution is 2.31. The Morgan fingerprint density at radius 3 is 2.76 bits per heavy atom. The molecule has 0 unspecified atom stereocenters. The van der Waals surface area contributed by atoms with Crippen LogP contribution in [0.3, 0.4) is 0 Å². The standard InChI is InChI=1S/C12H10FNOS2/c1-8(15)7-16-12-14-10(11(13)17-12)9-5-3-2-4-6-9/h2-6H,7H2,1H3. The molecule has 0 saturated carbocycles. The average Bonchev–Trinajstić information content (AvgIpc) is 2.69. The molecule has 0 fully saturated rings. The largest absolute Gasteiger partial charge is 0.299 e. The summed E-state index contributed by atoms with van der Waals surface area (Å²) in [5.74, 6) is 0.396. The van der Waals surface area contributed by atoms with Crippen LogP contribution in [0.4, 0.5) is 4.39 Å². The van der Waals surface area contributed by atoms with Gasteiger partial charge in [-0.25, -0.2) is 4.98 Å². The SMILES string of the molecule is CC(=O)CSc1nc(-c2ccccc2)c(F)s1. The Bertz CT molecular complexity index is 525. The number of benzene rings is 1. The van der Waals surface area contributed by atoms with Crippen molar-refractivity contribution in [3.63, 3.8) is 0 Å². The van der Waals surface area contributed by atoms with Crippen molar-refractivity contribution in [1.82, 2.24) is 4.98 Å². The van der Waals surface area contributed by atoms with E-state index in [0.29, 0.717) is 15.8 Å². The van der Waals surface area contributed by atoms with E-state index in [-0.39, 0.29) is 10.9 Å². The van der Waals surface area contributed by atoms with Gasteiger partial charge in [-0.05, 0) is 6.92 Å². The molecule has 88 valence electrons. The van der Waals surface area contributed by atoms with Gasteiger partial charge in [0, 0.05) is 5.56 Å². The van der Waals surface area contributed by atoms with Gasteiger partial charge < -0.3 is 0 Å². The van der Waals surface area contributed by atoms with E-state index in [4.69, 9.17) is 0 Å². The van der Waals surface area contributed by atoms with Crippen LogP contribution in [0.2, 0.25) is 0 Å². The fraction of sp³-hybridized carbons (Fsp3) is 0.167. The summed E-state index contributed by atoms with van der Waals surface area (Å²) in [5, 5.41) is -0.303. The Morgan fingerprint density at radius 1 is 1.41 bits per heavy atom. The van der Waals surface area contributed by atoms with E-state index in [2.05, 4.69) is 4.98 Å². The Labute approximate surface area is 107 Å². The average molecular weight is 267 g/mol. The zero-order chi connectivity index (χ0) is 12.3. The predicted molar refractivity (Wildman–Crippen MR) is 68.9 cm³/mol. The molecule has 1 aromatic heterocycles. The lowest BCUT2D eigenvalue weighted by atomic mass is 10.2. The summed E-state index contributed by atoms with van der Waals surface area (Å²) >= 11 is 2.26. The molecule has 0 saturated heterocycles. The molecule has 0 bridgehead atoms. The molecule has 0 amide bonds. The number of carbonyl (C=O) groups is 1. The maximum atomic E-state index is 13.7. The lowest BCUT2D eigenvalue weighted by Crippen LogP contribution is -1.92. The molecule has 0 spiro atoms. The lowest BCUT2D eigenvalue weighted by molar-refractivity contribution is -0.114.